The Hall–Kier alpha value is -0.380. The zero-order valence-corrected chi connectivity index (χ0v) is 11.0. The first kappa shape index (κ1) is 12.1. The minimum Gasteiger partial charge on any atom is -0.316 e. The van der Waals surface area contributed by atoms with Gasteiger partial charge in [-0.15, -0.1) is 11.3 Å². The molecule has 0 radical (unpaired) electrons. The highest BCUT2D eigenvalue weighted by Crippen LogP contribution is 2.30. The van der Waals surface area contributed by atoms with Crippen molar-refractivity contribution in [2.45, 2.75) is 26.2 Å². The molecule has 4 heteroatoms. The van der Waals surface area contributed by atoms with E-state index in [4.69, 9.17) is 11.6 Å². The lowest BCUT2D eigenvalue weighted by atomic mass is 9.77. The summed E-state index contributed by atoms with van der Waals surface area (Å²) >= 11 is 7.36. The predicted octanol–water partition coefficient (Wildman–Crippen LogP) is 2.90. The molecule has 1 atom stereocenters. The van der Waals surface area contributed by atoms with Gasteiger partial charge in [0.1, 0.15) is 5.78 Å². The number of ketones is 1. The molecule has 88 valence electrons. The number of halogens is 1. The standard InChI is InChI=1S/C12H16ClNOS/c1-12(5-2-6-14-8-12)10(15)7-9-3-4-11(13)16-9/h3-4,14H,2,5-8H2,1H3. The van der Waals surface area contributed by atoms with Gasteiger partial charge in [0.05, 0.1) is 4.34 Å². The first-order valence-electron chi connectivity index (χ1n) is 5.58. The van der Waals surface area contributed by atoms with Gasteiger partial charge in [0.25, 0.3) is 0 Å². The molecule has 2 heterocycles. The van der Waals surface area contributed by atoms with Crippen LogP contribution in [0.2, 0.25) is 4.34 Å². The molecule has 0 saturated carbocycles. The van der Waals surface area contributed by atoms with E-state index in [1.807, 2.05) is 12.1 Å². The highest BCUT2D eigenvalue weighted by Gasteiger charge is 2.34. The maximum Gasteiger partial charge on any atom is 0.145 e. The summed E-state index contributed by atoms with van der Waals surface area (Å²) in [5, 5.41) is 3.30. The number of Topliss-reactive ketones (excluding diaryl/α,β-unsaturated/α-hetero) is 1. The van der Waals surface area contributed by atoms with Crippen LogP contribution >= 0.6 is 22.9 Å². The number of rotatable bonds is 3. The molecule has 1 aromatic heterocycles. The Bertz CT molecular complexity index is 382. The Balaban J connectivity index is 2.01. The third kappa shape index (κ3) is 2.65. The fourth-order valence-electron chi connectivity index (χ4n) is 2.11. The Kier molecular flexibility index (Phi) is 3.67. The highest BCUT2D eigenvalue weighted by molar-refractivity contribution is 7.16. The van der Waals surface area contributed by atoms with E-state index < -0.39 is 0 Å². The first-order chi connectivity index (χ1) is 7.60. The van der Waals surface area contributed by atoms with Gasteiger partial charge in [0.15, 0.2) is 0 Å². The molecule has 0 aromatic carbocycles. The second-order valence-electron chi connectivity index (χ2n) is 4.65. The third-order valence-corrected chi connectivity index (χ3v) is 4.47. The lowest BCUT2D eigenvalue weighted by molar-refractivity contribution is -0.128. The normalized spacial score (nSPS) is 25.6. The summed E-state index contributed by atoms with van der Waals surface area (Å²) in [6, 6.07) is 3.81. The average Bonchev–Trinajstić information content (AvgIpc) is 2.65. The zero-order valence-electron chi connectivity index (χ0n) is 9.38. The second kappa shape index (κ2) is 4.86. The Morgan fingerprint density at radius 2 is 2.44 bits per heavy atom. The lowest BCUT2D eigenvalue weighted by Crippen LogP contribution is -2.43. The maximum absolute atomic E-state index is 12.2. The summed E-state index contributed by atoms with van der Waals surface area (Å²) in [7, 11) is 0. The van der Waals surface area contributed by atoms with E-state index in [1.54, 1.807) is 0 Å². The molecule has 1 aliphatic heterocycles. The van der Waals surface area contributed by atoms with Crippen LogP contribution in [0.25, 0.3) is 0 Å². The van der Waals surface area contributed by atoms with Gasteiger partial charge in [0, 0.05) is 23.3 Å². The number of hydrogen-bond acceptors (Lipinski definition) is 3. The molecule has 0 amide bonds. The van der Waals surface area contributed by atoms with Crippen molar-refractivity contribution in [2.24, 2.45) is 5.41 Å². The number of carbonyl (C=O) groups excluding carboxylic acids is 1. The predicted molar refractivity (Wildman–Crippen MR) is 68.3 cm³/mol. The Morgan fingerprint density at radius 3 is 3.00 bits per heavy atom. The second-order valence-corrected chi connectivity index (χ2v) is 6.45. The summed E-state index contributed by atoms with van der Waals surface area (Å²) in [5.74, 6) is 0.332. The summed E-state index contributed by atoms with van der Waals surface area (Å²) < 4.78 is 0.759. The van der Waals surface area contributed by atoms with Gasteiger partial charge >= 0.3 is 0 Å². The van der Waals surface area contributed by atoms with Crippen LogP contribution in [0.3, 0.4) is 0 Å². The van der Waals surface area contributed by atoms with Crippen LogP contribution in [0.4, 0.5) is 0 Å². The van der Waals surface area contributed by atoms with Gasteiger partial charge in [0.2, 0.25) is 0 Å². The number of nitrogens with one attached hydrogen (secondary N) is 1. The zero-order chi connectivity index (χ0) is 11.6. The molecule has 1 saturated heterocycles. The van der Waals surface area contributed by atoms with E-state index in [1.165, 1.54) is 11.3 Å². The van der Waals surface area contributed by atoms with Gasteiger partial charge in [-0.05, 0) is 31.5 Å². The molecule has 1 aliphatic rings. The van der Waals surface area contributed by atoms with Crippen LogP contribution in [-0.2, 0) is 11.2 Å². The van der Waals surface area contributed by atoms with Crippen LogP contribution in [0.1, 0.15) is 24.6 Å². The van der Waals surface area contributed by atoms with Crippen molar-refractivity contribution in [3.05, 3.63) is 21.3 Å². The summed E-state index contributed by atoms with van der Waals surface area (Å²) in [4.78, 5) is 13.3. The van der Waals surface area contributed by atoms with E-state index in [-0.39, 0.29) is 5.41 Å². The third-order valence-electron chi connectivity index (χ3n) is 3.23. The SMILES string of the molecule is CC1(C(=O)Cc2ccc(Cl)s2)CCCNC1. The quantitative estimate of drug-likeness (QED) is 0.902. The number of hydrogen-bond donors (Lipinski definition) is 1. The molecule has 0 bridgehead atoms. The van der Waals surface area contributed by atoms with Gasteiger partial charge in [-0.3, -0.25) is 4.79 Å². The van der Waals surface area contributed by atoms with E-state index in [2.05, 4.69) is 12.2 Å². The van der Waals surface area contributed by atoms with Gasteiger partial charge in [-0.2, -0.15) is 0 Å². The van der Waals surface area contributed by atoms with Gasteiger partial charge < -0.3 is 5.32 Å². The van der Waals surface area contributed by atoms with Crippen LogP contribution in [0.5, 0.6) is 0 Å². The monoisotopic (exact) mass is 257 g/mol. The summed E-state index contributed by atoms with van der Waals surface area (Å²) in [5.41, 5.74) is -0.186. The Morgan fingerprint density at radius 1 is 1.62 bits per heavy atom. The molecule has 2 rings (SSSR count). The van der Waals surface area contributed by atoms with Crippen molar-refractivity contribution in [1.82, 2.24) is 5.32 Å². The lowest BCUT2D eigenvalue weighted by Gasteiger charge is -2.32. The molecular formula is C12H16ClNOS. The minimum atomic E-state index is -0.186. The summed E-state index contributed by atoms with van der Waals surface area (Å²) in [6.07, 6.45) is 2.61. The smallest absolute Gasteiger partial charge is 0.145 e. The van der Waals surface area contributed by atoms with Crippen molar-refractivity contribution < 1.29 is 4.79 Å². The molecule has 0 aliphatic carbocycles. The molecule has 1 aromatic rings. The fraction of sp³-hybridized carbons (Fsp3) is 0.583. The van der Waals surface area contributed by atoms with Crippen LogP contribution in [0, 0.1) is 5.41 Å². The van der Waals surface area contributed by atoms with E-state index in [9.17, 15) is 4.79 Å². The highest BCUT2D eigenvalue weighted by atomic mass is 35.5. The Labute approximate surface area is 105 Å². The van der Waals surface area contributed by atoms with Crippen molar-refractivity contribution in [1.29, 1.82) is 0 Å². The van der Waals surface area contributed by atoms with Crippen molar-refractivity contribution in [3.8, 4) is 0 Å². The van der Waals surface area contributed by atoms with Crippen LogP contribution < -0.4 is 5.32 Å². The van der Waals surface area contributed by atoms with Crippen molar-refractivity contribution in [2.75, 3.05) is 13.1 Å². The van der Waals surface area contributed by atoms with Crippen molar-refractivity contribution >= 4 is 28.7 Å². The minimum absolute atomic E-state index is 0.186. The maximum atomic E-state index is 12.2. The molecule has 1 N–H and O–H groups in total. The van der Waals surface area contributed by atoms with E-state index in [0.29, 0.717) is 12.2 Å². The molecule has 1 fully saturated rings. The molecule has 1 unspecified atom stereocenters. The van der Waals surface area contributed by atoms with Crippen LogP contribution in [0.15, 0.2) is 12.1 Å². The van der Waals surface area contributed by atoms with Gasteiger partial charge in [-0.1, -0.05) is 18.5 Å². The number of piperidine rings is 1. The van der Waals surface area contributed by atoms with E-state index in [0.717, 1.165) is 35.1 Å². The number of thiophene rings is 1. The molecular weight excluding hydrogens is 242 g/mol. The molecule has 0 spiro atoms. The molecule has 16 heavy (non-hydrogen) atoms. The van der Waals surface area contributed by atoms with Crippen molar-refractivity contribution in [3.63, 3.8) is 0 Å². The van der Waals surface area contributed by atoms with Gasteiger partial charge in [-0.25, -0.2) is 0 Å². The molecule has 2 nitrogen and oxygen atoms in total. The number of carbonyl (C=O) groups is 1. The topological polar surface area (TPSA) is 29.1 Å². The average molecular weight is 258 g/mol. The summed E-state index contributed by atoms with van der Waals surface area (Å²) in [6.45, 7) is 3.91. The first-order valence-corrected chi connectivity index (χ1v) is 6.78. The largest absolute Gasteiger partial charge is 0.316 e. The van der Waals surface area contributed by atoms with E-state index >= 15 is 0 Å². The fourth-order valence-corrected chi connectivity index (χ4v) is 3.20. The van der Waals surface area contributed by atoms with Crippen LogP contribution in [-0.4, -0.2) is 18.9 Å².